The van der Waals surface area contributed by atoms with Gasteiger partial charge in [0.1, 0.15) is 6.17 Å². The van der Waals surface area contributed by atoms with Gasteiger partial charge in [0.2, 0.25) is 0 Å². The highest BCUT2D eigenvalue weighted by atomic mass is 16.7. The molecule has 4 aliphatic rings. The van der Waals surface area contributed by atoms with Crippen molar-refractivity contribution in [3.05, 3.63) is 11.6 Å². The summed E-state index contributed by atoms with van der Waals surface area (Å²) >= 11 is 0. The zero-order valence-electron chi connectivity index (χ0n) is 28.2. The Balaban J connectivity index is 1.53. The lowest BCUT2D eigenvalue weighted by Gasteiger charge is -2.36. The van der Waals surface area contributed by atoms with Crippen molar-refractivity contribution >= 4 is 23.5 Å². The van der Waals surface area contributed by atoms with Crippen LogP contribution in [0, 0.1) is 23.7 Å². The predicted molar refractivity (Wildman–Crippen MR) is 171 cm³/mol. The monoisotopic (exact) mass is 633 g/mol. The number of nitrogens with one attached hydrogen (secondary N) is 2. The van der Waals surface area contributed by atoms with Crippen LogP contribution in [0.5, 0.6) is 0 Å². The number of fused-ring (bicyclic) bond motifs is 2. The van der Waals surface area contributed by atoms with Crippen molar-refractivity contribution in [3.63, 3.8) is 0 Å². The van der Waals surface area contributed by atoms with Crippen molar-refractivity contribution in [2.45, 2.75) is 121 Å². The number of Topliss-reactive ketones (excluding diaryl/α,β-unsaturated/α-hetero) is 2. The van der Waals surface area contributed by atoms with Crippen LogP contribution < -0.4 is 32.4 Å². The predicted octanol–water partition coefficient (Wildman–Crippen LogP) is -1.26. The molecule has 2 heterocycles. The van der Waals surface area contributed by atoms with E-state index in [0.29, 0.717) is 31.1 Å². The Morgan fingerprint density at radius 3 is 2.60 bits per heavy atom. The minimum atomic E-state index is -1.82. The van der Waals surface area contributed by atoms with Gasteiger partial charge in [-0.25, -0.2) is 4.79 Å². The molecule has 0 radical (unpaired) electrons. The number of guanidine groups is 1. The molecule has 10 N–H and O–H groups in total. The lowest BCUT2D eigenvalue weighted by atomic mass is 9.61. The van der Waals surface area contributed by atoms with E-state index < -0.39 is 23.1 Å². The zero-order valence-corrected chi connectivity index (χ0v) is 28.2. The minimum Gasteiger partial charge on any atom is -0.463 e. The molecule has 4 unspecified atom stereocenters. The molecule has 0 amide bonds. The van der Waals surface area contributed by atoms with Crippen molar-refractivity contribution in [1.29, 1.82) is 0 Å². The number of piperidine rings is 1. The first-order valence-electron chi connectivity index (χ1n) is 17.7. The number of carbonyl (C=O) groups excluding carboxylic acids is 3. The molecular weight excluding hydrogens is 572 g/mol. The van der Waals surface area contributed by atoms with E-state index in [0.717, 1.165) is 76.6 Å². The average Bonchev–Trinajstić information content (AvgIpc) is 3.75. The summed E-state index contributed by atoms with van der Waals surface area (Å²) in [6.07, 6.45) is 12.1. The fourth-order valence-electron chi connectivity index (χ4n) is 8.05. The van der Waals surface area contributed by atoms with Crippen LogP contribution in [-0.2, 0) is 23.9 Å². The zero-order chi connectivity index (χ0) is 32.6. The molecule has 0 aromatic heterocycles. The molecule has 0 bridgehead atoms. The molecule has 11 heteroatoms. The van der Waals surface area contributed by atoms with Crippen LogP contribution in [0.2, 0.25) is 0 Å². The maximum atomic E-state index is 14.2. The van der Waals surface area contributed by atoms with Crippen LogP contribution in [-0.4, -0.2) is 80.2 Å². The maximum Gasteiger partial charge on any atom is 0.350 e. The van der Waals surface area contributed by atoms with Gasteiger partial charge in [-0.2, -0.15) is 0 Å². The van der Waals surface area contributed by atoms with E-state index in [-0.39, 0.29) is 48.6 Å². The Hall–Kier alpha value is -2.34. The molecule has 2 aliphatic carbocycles. The average molecular weight is 634 g/mol. The number of nitrogens with two attached hydrogens (primary N) is 4. The van der Waals surface area contributed by atoms with E-state index in [1.807, 2.05) is 13.0 Å². The SMILES string of the molecule is CCCC[C@H](C[NH2+]CCC)COC(=O)[C@]12O[C@@]1(CC=C(C)C[C@@H](NC(N)=[NH+]C)C1CC[NH2+]C(N)C1)C(=O)C1CCCCC1C2=O. The number of hydrogen-bond donors (Lipinski definition) is 6. The Labute approximate surface area is 269 Å². The van der Waals surface area contributed by atoms with E-state index in [9.17, 15) is 14.4 Å². The maximum absolute atomic E-state index is 14.2. The number of ketones is 2. The van der Waals surface area contributed by atoms with Crippen LogP contribution in [0.25, 0.3) is 0 Å². The van der Waals surface area contributed by atoms with Crippen LogP contribution in [0.4, 0.5) is 0 Å². The van der Waals surface area contributed by atoms with Gasteiger partial charge in [-0.05, 0) is 32.6 Å². The molecule has 0 spiro atoms. The van der Waals surface area contributed by atoms with Crippen LogP contribution in [0.15, 0.2) is 11.6 Å². The molecule has 0 aromatic rings. The Kier molecular flexibility index (Phi) is 12.6. The number of quaternary nitrogens is 2. The molecular formula is C34H61N6O5+3. The summed E-state index contributed by atoms with van der Waals surface area (Å²) in [5.74, 6) is -0.824. The van der Waals surface area contributed by atoms with Gasteiger partial charge in [0.25, 0.3) is 5.60 Å². The minimum absolute atomic E-state index is 0.0526. The summed E-state index contributed by atoms with van der Waals surface area (Å²) in [6, 6.07) is 0.0526. The van der Waals surface area contributed by atoms with Crippen molar-refractivity contribution in [3.8, 4) is 0 Å². The second kappa shape index (κ2) is 16.0. The number of esters is 1. The van der Waals surface area contributed by atoms with E-state index in [1.165, 1.54) is 0 Å². The molecule has 254 valence electrons. The highest BCUT2D eigenvalue weighted by Gasteiger charge is 2.86. The molecule has 0 aromatic carbocycles. The van der Waals surface area contributed by atoms with Gasteiger partial charge < -0.3 is 20.1 Å². The fourth-order valence-corrected chi connectivity index (χ4v) is 8.05. The van der Waals surface area contributed by atoms with Crippen LogP contribution in [0.3, 0.4) is 0 Å². The summed E-state index contributed by atoms with van der Waals surface area (Å²) in [7, 11) is 1.78. The number of carbonyl (C=O) groups is 3. The highest BCUT2D eigenvalue weighted by Crippen LogP contribution is 2.61. The smallest absolute Gasteiger partial charge is 0.350 e. The third-order valence-electron chi connectivity index (χ3n) is 10.8. The second-order valence-corrected chi connectivity index (χ2v) is 14.1. The highest BCUT2D eigenvalue weighted by molar-refractivity contribution is 6.23. The second-order valence-electron chi connectivity index (χ2n) is 14.1. The molecule has 2 aliphatic heterocycles. The van der Waals surface area contributed by atoms with E-state index in [1.54, 1.807) is 7.05 Å². The third-order valence-corrected chi connectivity index (χ3v) is 10.8. The first-order chi connectivity index (χ1) is 21.6. The summed E-state index contributed by atoms with van der Waals surface area (Å²) in [4.78, 5) is 45.2. The van der Waals surface area contributed by atoms with Crippen molar-refractivity contribution < 1.29 is 39.5 Å². The summed E-state index contributed by atoms with van der Waals surface area (Å²) in [6.45, 7) is 9.43. The molecule has 2 saturated heterocycles. The van der Waals surface area contributed by atoms with Gasteiger partial charge in [-0.15, -0.1) is 0 Å². The first kappa shape index (κ1) is 35.5. The van der Waals surface area contributed by atoms with E-state index in [2.05, 4.69) is 34.8 Å². The molecule has 8 atom stereocenters. The molecule has 45 heavy (non-hydrogen) atoms. The van der Waals surface area contributed by atoms with Gasteiger partial charge in [-0.1, -0.05) is 51.2 Å². The number of epoxide rings is 1. The summed E-state index contributed by atoms with van der Waals surface area (Å²) in [5.41, 5.74) is 10.2. The summed E-state index contributed by atoms with van der Waals surface area (Å²) < 4.78 is 12.1. The topological polar surface area (TPSA) is 184 Å². The first-order valence-corrected chi connectivity index (χ1v) is 17.7. The third kappa shape index (κ3) is 7.80. The van der Waals surface area contributed by atoms with Crippen molar-refractivity contribution in [2.24, 2.45) is 35.1 Å². The Bertz CT molecular complexity index is 1110. The molecule has 11 nitrogen and oxygen atoms in total. The number of unbranched alkanes of at least 4 members (excludes halogenated alkanes) is 1. The lowest BCUT2D eigenvalue weighted by molar-refractivity contribution is -0.699. The molecule has 2 saturated carbocycles. The van der Waals surface area contributed by atoms with E-state index >= 15 is 0 Å². The van der Waals surface area contributed by atoms with E-state index in [4.69, 9.17) is 20.9 Å². The normalized spacial score (nSPS) is 33.2. The Morgan fingerprint density at radius 1 is 1.20 bits per heavy atom. The van der Waals surface area contributed by atoms with Crippen molar-refractivity contribution in [2.75, 3.05) is 33.3 Å². The van der Waals surface area contributed by atoms with Crippen LogP contribution in [0.1, 0.15) is 97.8 Å². The number of hydrogen-bond acceptors (Lipinski definition) is 6. The van der Waals surface area contributed by atoms with Gasteiger partial charge >= 0.3 is 11.9 Å². The largest absolute Gasteiger partial charge is 0.463 e. The van der Waals surface area contributed by atoms with Gasteiger partial charge in [-0.3, -0.25) is 31.4 Å². The fraction of sp³-hybridized carbons (Fsp3) is 0.824. The van der Waals surface area contributed by atoms with Gasteiger partial charge in [0, 0.05) is 49.4 Å². The quantitative estimate of drug-likeness (QED) is 0.0232. The standard InChI is InChI=1S/C34H58N6O5/c1-5-7-10-23(20-38-16-6-2)21-44-31(43)34-30(42)26-12-9-8-11-25(26)29(41)33(34,45-34)15-13-22(3)18-27(40-32(36)37-4)24-14-17-39-28(35)19-24/h13,23-28,38-39H,5-12,14-21,35H2,1-4H3,(H3,36,37,40)/p+3/t23-,24?,25?,26?,27-,28?,33+,34+/m1/s1. The Morgan fingerprint density at radius 2 is 1.93 bits per heavy atom. The molecule has 4 fully saturated rings. The number of ether oxygens (including phenoxy) is 2. The number of rotatable bonds is 16. The summed E-state index contributed by atoms with van der Waals surface area (Å²) in [5, 5.41) is 7.87. The van der Waals surface area contributed by atoms with Gasteiger partial charge in [0.15, 0.2) is 17.2 Å². The molecule has 4 rings (SSSR count). The lowest BCUT2D eigenvalue weighted by Crippen LogP contribution is -2.95. The van der Waals surface area contributed by atoms with Gasteiger partial charge in [0.05, 0.1) is 39.3 Å². The van der Waals surface area contributed by atoms with Crippen LogP contribution >= 0.6 is 0 Å². The van der Waals surface area contributed by atoms with Crippen molar-refractivity contribution in [1.82, 2.24) is 5.32 Å².